The molecular weight excluding hydrogens is 206 g/mol. The largest absolute Gasteiger partial charge is 0.396 e. The van der Waals surface area contributed by atoms with Crippen molar-refractivity contribution in [1.29, 1.82) is 0 Å². The summed E-state index contributed by atoms with van der Waals surface area (Å²) in [5.74, 6) is 0.0901. The first-order chi connectivity index (χ1) is 7.72. The molecule has 0 aliphatic carbocycles. The lowest BCUT2D eigenvalue weighted by Gasteiger charge is -2.27. The Hall–Kier alpha value is -0.650. The van der Waals surface area contributed by atoms with Crippen LogP contribution in [0.2, 0.25) is 0 Å². The van der Waals surface area contributed by atoms with Crippen LogP contribution in [0, 0.1) is 0 Å². The minimum absolute atomic E-state index is 0.0901. The Morgan fingerprint density at radius 3 is 2.81 bits per heavy atom. The number of aliphatic hydroxyl groups is 1. The molecule has 1 aliphatic rings. The second-order valence-corrected chi connectivity index (χ2v) is 4.36. The van der Waals surface area contributed by atoms with E-state index in [1.165, 1.54) is 0 Å². The van der Waals surface area contributed by atoms with Crippen molar-refractivity contribution in [2.24, 2.45) is 0 Å². The predicted octanol–water partition coefficient (Wildman–Crippen LogP) is -0.831. The summed E-state index contributed by atoms with van der Waals surface area (Å²) in [5.41, 5.74) is 0. The summed E-state index contributed by atoms with van der Waals surface area (Å²) in [6, 6.07) is 0.155. The van der Waals surface area contributed by atoms with Gasteiger partial charge >= 0.3 is 0 Å². The van der Waals surface area contributed by atoms with Crippen molar-refractivity contribution >= 4 is 5.91 Å². The van der Waals surface area contributed by atoms with E-state index in [4.69, 9.17) is 5.11 Å². The quantitative estimate of drug-likeness (QED) is 0.556. The fraction of sp³-hybridized carbons (Fsp3) is 0.909. The molecule has 1 heterocycles. The van der Waals surface area contributed by atoms with Gasteiger partial charge in [-0.3, -0.25) is 9.69 Å². The van der Waals surface area contributed by atoms with Gasteiger partial charge < -0.3 is 15.7 Å². The first-order valence-electron chi connectivity index (χ1n) is 6.05. The third-order valence-electron chi connectivity index (χ3n) is 2.78. The topological polar surface area (TPSA) is 64.6 Å². The van der Waals surface area contributed by atoms with E-state index < -0.39 is 0 Å². The summed E-state index contributed by atoms with van der Waals surface area (Å²) >= 11 is 0. The number of rotatable bonds is 6. The Morgan fingerprint density at radius 1 is 1.50 bits per heavy atom. The molecule has 0 spiro atoms. The smallest absolute Gasteiger partial charge is 0.234 e. The maximum absolute atomic E-state index is 11.6. The number of carbonyl (C=O) groups excluding carboxylic acids is 1. The number of amides is 1. The molecule has 1 fully saturated rings. The van der Waals surface area contributed by atoms with E-state index in [1.807, 2.05) is 6.92 Å². The van der Waals surface area contributed by atoms with E-state index in [0.717, 1.165) is 39.0 Å². The molecule has 1 amide bonds. The zero-order valence-electron chi connectivity index (χ0n) is 10.0. The Kier molecular flexibility index (Phi) is 6.37. The molecule has 94 valence electrons. The molecule has 0 aromatic rings. The highest BCUT2D eigenvalue weighted by molar-refractivity contribution is 5.78. The summed E-state index contributed by atoms with van der Waals surface area (Å²) < 4.78 is 0. The van der Waals surface area contributed by atoms with Gasteiger partial charge in [-0.05, 0) is 19.8 Å². The van der Waals surface area contributed by atoms with Crippen LogP contribution in [0.1, 0.15) is 19.8 Å². The standard InChI is InChI=1S/C11H23N3O2/c1-10(3-2-8-15)13-11(16)9-14-6-4-12-5-7-14/h10,12,15H,2-9H2,1H3,(H,13,16). The average molecular weight is 229 g/mol. The Morgan fingerprint density at radius 2 is 2.19 bits per heavy atom. The number of hydrogen-bond acceptors (Lipinski definition) is 4. The summed E-state index contributed by atoms with van der Waals surface area (Å²) in [6.07, 6.45) is 1.58. The van der Waals surface area contributed by atoms with Crippen LogP contribution in [0.3, 0.4) is 0 Å². The van der Waals surface area contributed by atoms with Gasteiger partial charge in [0, 0.05) is 38.8 Å². The molecule has 1 rings (SSSR count). The number of aliphatic hydroxyl groups excluding tert-OH is 1. The lowest BCUT2D eigenvalue weighted by molar-refractivity contribution is -0.123. The van der Waals surface area contributed by atoms with Crippen LogP contribution >= 0.6 is 0 Å². The van der Waals surface area contributed by atoms with Crippen molar-refractivity contribution in [3.05, 3.63) is 0 Å². The molecule has 0 aromatic carbocycles. The van der Waals surface area contributed by atoms with Gasteiger partial charge in [-0.1, -0.05) is 0 Å². The van der Waals surface area contributed by atoms with Gasteiger partial charge in [0.05, 0.1) is 6.54 Å². The van der Waals surface area contributed by atoms with E-state index >= 15 is 0 Å². The molecule has 0 bridgehead atoms. The third-order valence-corrected chi connectivity index (χ3v) is 2.78. The molecule has 1 atom stereocenters. The van der Waals surface area contributed by atoms with Gasteiger partial charge in [0.25, 0.3) is 0 Å². The van der Waals surface area contributed by atoms with E-state index in [1.54, 1.807) is 0 Å². The maximum Gasteiger partial charge on any atom is 0.234 e. The number of nitrogens with zero attached hydrogens (tertiary/aromatic N) is 1. The van der Waals surface area contributed by atoms with E-state index in [2.05, 4.69) is 15.5 Å². The van der Waals surface area contributed by atoms with Crippen molar-refractivity contribution in [3.63, 3.8) is 0 Å². The van der Waals surface area contributed by atoms with Crippen LogP contribution in [0.25, 0.3) is 0 Å². The third kappa shape index (κ3) is 5.44. The van der Waals surface area contributed by atoms with Gasteiger partial charge in [-0.15, -0.1) is 0 Å². The molecule has 5 heteroatoms. The number of hydrogen-bond donors (Lipinski definition) is 3. The van der Waals surface area contributed by atoms with Crippen molar-refractivity contribution in [2.75, 3.05) is 39.3 Å². The van der Waals surface area contributed by atoms with Crippen molar-refractivity contribution in [1.82, 2.24) is 15.5 Å². The molecule has 1 unspecified atom stereocenters. The minimum Gasteiger partial charge on any atom is -0.396 e. The number of piperazine rings is 1. The molecule has 3 N–H and O–H groups in total. The molecule has 0 saturated carbocycles. The van der Waals surface area contributed by atoms with Crippen LogP contribution in [0.4, 0.5) is 0 Å². The zero-order valence-corrected chi connectivity index (χ0v) is 10.0. The van der Waals surface area contributed by atoms with Gasteiger partial charge in [-0.25, -0.2) is 0 Å². The molecule has 5 nitrogen and oxygen atoms in total. The Balaban J connectivity index is 2.13. The highest BCUT2D eigenvalue weighted by atomic mass is 16.3. The van der Waals surface area contributed by atoms with Crippen molar-refractivity contribution < 1.29 is 9.90 Å². The summed E-state index contributed by atoms with van der Waals surface area (Å²) in [6.45, 7) is 6.48. The summed E-state index contributed by atoms with van der Waals surface area (Å²) in [4.78, 5) is 13.8. The van der Waals surface area contributed by atoms with Crippen LogP contribution in [0.5, 0.6) is 0 Å². The van der Waals surface area contributed by atoms with Crippen LogP contribution < -0.4 is 10.6 Å². The lowest BCUT2D eigenvalue weighted by atomic mass is 10.2. The van der Waals surface area contributed by atoms with Crippen LogP contribution in [-0.2, 0) is 4.79 Å². The van der Waals surface area contributed by atoms with E-state index in [0.29, 0.717) is 6.54 Å². The highest BCUT2D eigenvalue weighted by Crippen LogP contribution is 1.96. The SMILES string of the molecule is CC(CCCO)NC(=O)CN1CCNCC1. The maximum atomic E-state index is 11.6. The molecule has 0 radical (unpaired) electrons. The second kappa shape index (κ2) is 7.60. The van der Waals surface area contributed by atoms with Crippen LogP contribution in [-0.4, -0.2) is 61.3 Å². The minimum atomic E-state index is 0.0901. The summed E-state index contributed by atoms with van der Waals surface area (Å²) in [5, 5.41) is 14.9. The van der Waals surface area contributed by atoms with E-state index in [-0.39, 0.29) is 18.6 Å². The monoisotopic (exact) mass is 229 g/mol. The number of nitrogens with one attached hydrogen (secondary N) is 2. The predicted molar refractivity (Wildman–Crippen MR) is 63.2 cm³/mol. The zero-order chi connectivity index (χ0) is 11.8. The van der Waals surface area contributed by atoms with Gasteiger partial charge in [0.1, 0.15) is 0 Å². The van der Waals surface area contributed by atoms with E-state index in [9.17, 15) is 4.79 Å². The fourth-order valence-electron chi connectivity index (χ4n) is 1.86. The Labute approximate surface area is 97.2 Å². The van der Waals surface area contributed by atoms with Gasteiger partial charge in [-0.2, -0.15) is 0 Å². The highest BCUT2D eigenvalue weighted by Gasteiger charge is 2.14. The normalized spacial score (nSPS) is 19.4. The fourth-order valence-corrected chi connectivity index (χ4v) is 1.86. The first-order valence-corrected chi connectivity index (χ1v) is 6.05. The molecule has 16 heavy (non-hydrogen) atoms. The lowest BCUT2D eigenvalue weighted by Crippen LogP contribution is -2.48. The van der Waals surface area contributed by atoms with Crippen molar-refractivity contribution in [2.45, 2.75) is 25.8 Å². The molecule has 1 aliphatic heterocycles. The molecule has 1 saturated heterocycles. The van der Waals surface area contributed by atoms with Gasteiger partial charge in [0.15, 0.2) is 0 Å². The molecule has 0 aromatic heterocycles. The molecular formula is C11H23N3O2. The summed E-state index contributed by atoms with van der Waals surface area (Å²) in [7, 11) is 0. The van der Waals surface area contributed by atoms with Crippen LogP contribution in [0.15, 0.2) is 0 Å². The van der Waals surface area contributed by atoms with Gasteiger partial charge in [0.2, 0.25) is 5.91 Å². The second-order valence-electron chi connectivity index (χ2n) is 4.36. The number of carbonyl (C=O) groups is 1. The van der Waals surface area contributed by atoms with Crippen molar-refractivity contribution in [3.8, 4) is 0 Å². The average Bonchev–Trinajstić information content (AvgIpc) is 2.27. The Bertz CT molecular complexity index is 205. The first kappa shape index (κ1) is 13.4.